The Morgan fingerprint density at radius 2 is 1.78 bits per heavy atom. The second-order valence-corrected chi connectivity index (χ2v) is 9.00. The van der Waals surface area contributed by atoms with E-state index >= 15 is 0 Å². The lowest BCUT2D eigenvalue weighted by Gasteiger charge is -2.22. The highest BCUT2D eigenvalue weighted by Crippen LogP contribution is 2.31. The maximum Gasteiger partial charge on any atom is 0.123 e. The molecule has 6 rings (SSSR count). The molecule has 0 unspecified atom stereocenters. The fraction of sp³-hybridized carbons (Fsp3) is 0.207. The van der Waals surface area contributed by atoms with Gasteiger partial charge in [0, 0.05) is 25.1 Å². The van der Waals surface area contributed by atoms with Gasteiger partial charge in [0.2, 0.25) is 0 Å². The number of pyridine rings is 1. The highest BCUT2D eigenvalue weighted by molar-refractivity contribution is 5.84. The Bertz CT molecular complexity index is 1570. The van der Waals surface area contributed by atoms with E-state index < -0.39 is 0 Å². The van der Waals surface area contributed by atoms with Gasteiger partial charge in [-0.1, -0.05) is 12.1 Å². The van der Waals surface area contributed by atoms with Crippen molar-refractivity contribution in [3.05, 3.63) is 95.9 Å². The standard InChI is InChI=1S/C29H26FN5O/c1-19-23(6-4-14-31-19)33-25-17-27-29(18-26(25)32-21-12-15-36-16-13-21)35(22-10-8-20(30)9-11-22)28-7-3-2-5-24(28)34-27/h2-11,14,17-18,21,33H,12-13,15-16H2,1H3. The third kappa shape index (κ3) is 4.33. The quantitative estimate of drug-likeness (QED) is 0.331. The van der Waals surface area contributed by atoms with E-state index in [1.165, 1.54) is 12.1 Å². The maximum atomic E-state index is 13.8. The van der Waals surface area contributed by atoms with E-state index in [0.29, 0.717) is 13.2 Å². The molecule has 0 amide bonds. The minimum atomic E-state index is -0.268. The molecule has 1 saturated heterocycles. The van der Waals surface area contributed by atoms with Gasteiger partial charge in [-0.05, 0) is 80.4 Å². The van der Waals surface area contributed by atoms with Crippen LogP contribution >= 0.6 is 0 Å². The molecule has 3 aromatic rings. The molecule has 7 heteroatoms. The number of anilines is 2. The van der Waals surface area contributed by atoms with Crippen molar-refractivity contribution in [1.29, 1.82) is 0 Å². The summed E-state index contributed by atoms with van der Waals surface area (Å²) < 4.78 is 21.5. The van der Waals surface area contributed by atoms with E-state index in [9.17, 15) is 4.39 Å². The molecule has 36 heavy (non-hydrogen) atoms. The lowest BCUT2D eigenvalue weighted by molar-refractivity contribution is 0.0864. The average Bonchev–Trinajstić information content (AvgIpc) is 2.90. The van der Waals surface area contributed by atoms with Crippen LogP contribution < -0.4 is 10.7 Å². The molecule has 1 aromatic heterocycles. The molecule has 2 aliphatic heterocycles. The van der Waals surface area contributed by atoms with Crippen LogP contribution in [-0.4, -0.2) is 33.8 Å². The second kappa shape index (κ2) is 9.51. The third-order valence-corrected chi connectivity index (χ3v) is 6.57. The van der Waals surface area contributed by atoms with Crippen LogP contribution in [-0.2, 0) is 4.74 Å². The van der Waals surface area contributed by atoms with Crippen LogP contribution in [0.15, 0.2) is 84.0 Å². The smallest absolute Gasteiger partial charge is 0.123 e. The lowest BCUT2D eigenvalue weighted by Crippen LogP contribution is -2.23. The van der Waals surface area contributed by atoms with Gasteiger partial charge in [0.25, 0.3) is 0 Å². The lowest BCUT2D eigenvalue weighted by atomic mass is 10.1. The summed E-state index contributed by atoms with van der Waals surface area (Å²) in [6.45, 7) is 3.41. The number of ether oxygens (including phenoxy) is 1. The minimum absolute atomic E-state index is 0.180. The molecule has 180 valence electrons. The number of nitrogens with one attached hydrogen (secondary N) is 1. The molecule has 3 heterocycles. The van der Waals surface area contributed by atoms with Crippen LogP contribution in [0.25, 0.3) is 28.1 Å². The van der Waals surface area contributed by atoms with Crippen molar-refractivity contribution in [3.8, 4) is 17.1 Å². The molecule has 6 nitrogen and oxygen atoms in total. The third-order valence-electron chi connectivity index (χ3n) is 6.57. The number of halogens is 1. The van der Waals surface area contributed by atoms with Crippen LogP contribution in [0.5, 0.6) is 0 Å². The molecule has 0 radical (unpaired) electrons. The molecular formula is C29H26FN5O. The maximum absolute atomic E-state index is 13.8. The fourth-order valence-electron chi connectivity index (χ4n) is 4.69. The van der Waals surface area contributed by atoms with Gasteiger partial charge in [0.15, 0.2) is 0 Å². The first kappa shape index (κ1) is 22.4. The van der Waals surface area contributed by atoms with Crippen molar-refractivity contribution < 1.29 is 9.13 Å². The molecule has 1 N–H and O–H groups in total. The van der Waals surface area contributed by atoms with Gasteiger partial charge in [-0.2, -0.15) is 0 Å². The van der Waals surface area contributed by atoms with E-state index in [0.717, 1.165) is 63.4 Å². The number of benzene rings is 3. The Hall–Kier alpha value is -4.10. The molecule has 0 atom stereocenters. The van der Waals surface area contributed by atoms with E-state index in [2.05, 4.69) is 20.9 Å². The number of aryl methyl sites for hydroxylation is 1. The van der Waals surface area contributed by atoms with Crippen molar-refractivity contribution >= 4 is 22.4 Å². The van der Waals surface area contributed by atoms with E-state index in [1.807, 2.05) is 49.4 Å². The second-order valence-electron chi connectivity index (χ2n) is 9.00. The van der Waals surface area contributed by atoms with Crippen LogP contribution in [0.4, 0.5) is 15.8 Å². The topological polar surface area (TPSA) is 64.3 Å². The summed E-state index contributed by atoms with van der Waals surface area (Å²) in [5.41, 5.74) is 7.08. The van der Waals surface area contributed by atoms with Gasteiger partial charge < -0.3 is 14.6 Å². The first-order valence-electron chi connectivity index (χ1n) is 12.2. The Morgan fingerprint density at radius 3 is 2.58 bits per heavy atom. The van der Waals surface area contributed by atoms with Gasteiger partial charge in [-0.3, -0.25) is 9.98 Å². The SMILES string of the molecule is Cc1ncccc1Nc1cc2nc3ccccc3n(-c3ccc(F)cc3)c-2cc1=NC1CCOCC1. The van der Waals surface area contributed by atoms with E-state index in [-0.39, 0.29) is 11.9 Å². The number of para-hydroxylation sites is 2. The molecule has 0 saturated carbocycles. The molecule has 0 bridgehead atoms. The molecule has 3 aliphatic rings. The summed E-state index contributed by atoms with van der Waals surface area (Å²) in [7, 11) is 0. The van der Waals surface area contributed by atoms with Crippen LogP contribution in [0.3, 0.4) is 0 Å². The number of fused-ring (bicyclic) bond motifs is 2. The van der Waals surface area contributed by atoms with Gasteiger partial charge in [-0.15, -0.1) is 0 Å². The van der Waals surface area contributed by atoms with Crippen molar-refractivity contribution in [3.63, 3.8) is 0 Å². The molecule has 0 spiro atoms. The zero-order chi connectivity index (χ0) is 24.5. The number of hydrogen-bond donors (Lipinski definition) is 1. The number of rotatable bonds is 4. The van der Waals surface area contributed by atoms with E-state index in [4.69, 9.17) is 14.7 Å². The zero-order valence-corrected chi connectivity index (χ0v) is 20.0. The fourth-order valence-corrected chi connectivity index (χ4v) is 4.69. The highest BCUT2D eigenvalue weighted by Gasteiger charge is 2.18. The average molecular weight is 480 g/mol. The number of nitrogens with zero attached hydrogens (tertiary/aromatic N) is 4. The Balaban J connectivity index is 1.63. The van der Waals surface area contributed by atoms with Crippen LogP contribution in [0.2, 0.25) is 0 Å². The van der Waals surface area contributed by atoms with Crippen molar-refractivity contribution in [2.75, 3.05) is 18.5 Å². The van der Waals surface area contributed by atoms with Crippen molar-refractivity contribution in [2.45, 2.75) is 25.8 Å². The van der Waals surface area contributed by atoms with Crippen molar-refractivity contribution in [1.82, 2.24) is 14.5 Å². The largest absolute Gasteiger partial charge is 0.381 e. The van der Waals surface area contributed by atoms with E-state index in [1.54, 1.807) is 18.3 Å². The first-order chi connectivity index (χ1) is 17.7. The van der Waals surface area contributed by atoms with Crippen molar-refractivity contribution in [2.24, 2.45) is 4.99 Å². The Labute approximate surface area is 208 Å². The molecule has 2 aromatic carbocycles. The minimum Gasteiger partial charge on any atom is -0.381 e. The highest BCUT2D eigenvalue weighted by atomic mass is 19.1. The first-order valence-corrected chi connectivity index (χ1v) is 12.2. The monoisotopic (exact) mass is 479 g/mol. The van der Waals surface area contributed by atoms with Gasteiger partial charge >= 0.3 is 0 Å². The summed E-state index contributed by atoms with van der Waals surface area (Å²) in [5, 5.41) is 4.40. The molecule has 1 aliphatic carbocycles. The summed E-state index contributed by atoms with van der Waals surface area (Å²) in [6.07, 6.45) is 3.56. The predicted octanol–water partition coefficient (Wildman–Crippen LogP) is 5.80. The molecular weight excluding hydrogens is 453 g/mol. The predicted molar refractivity (Wildman–Crippen MR) is 139 cm³/mol. The zero-order valence-electron chi connectivity index (χ0n) is 20.0. The van der Waals surface area contributed by atoms with Gasteiger partial charge in [0.1, 0.15) is 5.82 Å². The summed E-state index contributed by atoms with van der Waals surface area (Å²) >= 11 is 0. The Kier molecular flexibility index (Phi) is 5.91. The van der Waals surface area contributed by atoms with Crippen LogP contribution in [0, 0.1) is 12.7 Å². The summed E-state index contributed by atoms with van der Waals surface area (Å²) in [5.74, 6) is -0.268. The number of aromatic nitrogens is 3. The summed E-state index contributed by atoms with van der Waals surface area (Å²) in [6, 6.07) is 22.8. The molecule has 1 fully saturated rings. The normalized spacial score (nSPS) is 15.0. The Morgan fingerprint density at radius 1 is 0.972 bits per heavy atom. The van der Waals surface area contributed by atoms with Gasteiger partial charge in [0.05, 0.1) is 50.9 Å². The number of hydrogen-bond acceptors (Lipinski definition) is 5. The van der Waals surface area contributed by atoms with Gasteiger partial charge in [-0.25, -0.2) is 9.37 Å². The summed E-state index contributed by atoms with van der Waals surface area (Å²) in [4.78, 5) is 14.6. The van der Waals surface area contributed by atoms with Crippen LogP contribution in [0.1, 0.15) is 18.5 Å².